The van der Waals surface area contributed by atoms with Crippen LogP contribution in [0.25, 0.3) is 0 Å². The van der Waals surface area contributed by atoms with Crippen LogP contribution in [0.4, 0.5) is 11.4 Å². The summed E-state index contributed by atoms with van der Waals surface area (Å²) < 4.78 is 5.81. The number of ether oxygens (including phenoxy) is 1. The van der Waals surface area contributed by atoms with Gasteiger partial charge in [0.05, 0.1) is 12.3 Å². The summed E-state index contributed by atoms with van der Waals surface area (Å²) >= 11 is 0. The van der Waals surface area contributed by atoms with Gasteiger partial charge in [-0.2, -0.15) is 0 Å². The summed E-state index contributed by atoms with van der Waals surface area (Å²) in [6, 6.07) is 7.15. The number of benzene rings is 1. The summed E-state index contributed by atoms with van der Waals surface area (Å²) in [6.45, 7) is 5.08. The molecular weight excluding hydrogens is 212 g/mol. The Morgan fingerprint density at radius 2 is 2.29 bits per heavy atom. The quantitative estimate of drug-likeness (QED) is 0.864. The van der Waals surface area contributed by atoms with E-state index in [1.54, 1.807) is 0 Å². The number of nitrogens with zero attached hydrogens (tertiary/aromatic N) is 1. The van der Waals surface area contributed by atoms with Crippen LogP contribution >= 0.6 is 0 Å². The van der Waals surface area contributed by atoms with Crippen LogP contribution in [-0.4, -0.2) is 25.7 Å². The molecule has 1 N–H and O–H groups in total. The summed E-state index contributed by atoms with van der Waals surface area (Å²) in [4.78, 5) is 2.53. The number of hydrogen-bond donors (Lipinski definition) is 1. The molecule has 3 nitrogen and oxygen atoms in total. The van der Waals surface area contributed by atoms with Gasteiger partial charge in [-0.15, -0.1) is 0 Å². The smallest absolute Gasteiger partial charge is 0.144 e. The van der Waals surface area contributed by atoms with Gasteiger partial charge in [0.2, 0.25) is 0 Å². The van der Waals surface area contributed by atoms with Crippen LogP contribution in [0.15, 0.2) is 18.2 Å². The molecule has 1 fully saturated rings. The minimum atomic E-state index is 0.775. The van der Waals surface area contributed by atoms with E-state index in [2.05, 4.69) is 35.3 Å². The van der Waals surface area contributed by atoms with Crippen molar-refractivity contribution in [2.24, 2.45) is 0 Å². The van der Waals surface area contributed by atoms with Gasteiger partial charge in [0.15, 0.2) is 0 Å². The van der Waals surface area contributed by atoms with Gasteiger partial charge in [-0.3, -0.25) is 0 Å². The van der Waals surface area contributed by atoms with E-state index in [1.165, 1.54) is 24.2 Å². The number of rotatable bonds is 4. The fourth-order valence-electron chi connectivity index (χ4n) is 2.46. The molecule has 0 radical (unpaired) electrons. The highest BCUT2D eigenvalue weighted by atomic mass is 16.5. The van der Waals surface area contributed by atoms with Gasteiger partial charge in [-0.25, -0.2) is 0 Å². The molecule has 0 saturated heterocycles. The average molecular weight is 232 g/mol. The molecule has 2 aliphatic rings. The van der Waals surface area contributed by atoms with Gasteiger partial charge >= 0.3 is 0 Å². The molecule has 1 saturated carbocycles. The van der Waals surface area contributed by atoms with Crippen molar-refractivity contribution >= 4 is 11.4 Å². The number of para-hydroxylation sites is 1. The summed E-state index contributed by atoms with van der Waals surface area (Å²) in [5.41, 5.74) is 2.52. The summed E-state index contributed by atoms with van der Waals surface area (Å²) in [6.07, 6.45) is 3.75. The molecule has 1 aliphatic heterocycles. The minimum absolute atomic E-state index is 0.775. The van der Waals surface area contributed by atoms with Crippen LogP contribution < -0.4 is 15.0 Å². The van der Waals surface area contributed by atoms with Crippen molar-refractivity contribution in [1.29, 1.82) is 0 Å². The molecule has 1 aromatic carbocycles. The Bertz CT molecular complexity index is 401. The third kappa shape index (κ3) is 2.06. The SMILES string of the molecule is CCCOc1cccc2c1NCCN2C1CC1. The molecule has 0 unspecified atom stereocenters. The monoisotopic (exact) mass is 232 g/mol. The molecule has 1 aromatic rings. The van der Waals surface area contributed by atoms with Gasteiger partial charge in [0.1, 0.15) is 11.4 Å². The largest absolute Gasteiger partial charge is 0.491 e. The molecule has 1 heterocycles. The molecule has 0 atom stereocenters. The van der Waals surface area contributed by atoms with Crippen molar-refractivity contribution in [3.8, 4) is 5.75 Å². The molecule has 92 valence electrons. The maximum absolute atomic E-state index is 5.81. The molecule has 17 heavy (non-hydrogen) atoms. The number of anilines is 2. The second-order valence-corrected chi connectivity index (χ2v) is 4.85. The van der Waals surface area contributed by atoms with Crippen molar-refractivity contribution < 1.29 is 4.74 Å². The van der Waals surface area contributed by atoms with Crippen LogP contribution in [0, 0.1) is 0 Å². The first-order valence-corrected chi connectivity index (χ1v) is 6.66. The van der Waals surface area contributed by atoms with Gasteiger partial charge in [0, 0.05) is 19.1 Å². The van der Waals surface area contributed by atoms with Crippen LogP contribution in [0.5, 0.6) is 5.75 Å². The topological polar surface area (TPSA) is 24.5 Å². The Balaban J connectivity index is 1.89. The van der Waals surface area contributed by atoms with Crippen LogP contribution in [-0.2, 0) is 0 Å². The number of hydrogen-bond acceptors (Lipinski definition) is 3. The normalized spacial score (nSPS) is 18.5. The molecule has 3 rings (SSSR count). The average Bonchev–Trinajstić information content (AvgIpc) is 3.20. The van der Waals surface area contributed by atoms with E-state index >= 15 is 0 Å². The van der Waals surface area contributed by atoms with Crippen LogP contribution in [0.2, 0.25) is 0 Å². The van der Waals surface area contributed by atoms with Gasteiger partial charge in [0.25, 0.3) is 0 Å². The molecule has 0 bridgehead atoms. The summed E-state index contributed by atoms with van der Waals surface area (Å²) in [5, 5.41) is 3.49. The maximum Gasteiger partial charge on any atom is 0.144 e. The molecule has 0 amide bonds. The molecule has 1 aliphatic carbocycles. The van der Waals surface area contributed by atoms with Crippen LogP contribution in [0.1, 0.15) is 26.2 Å². The predicted molar refractivity (Wildman–Crippen MR) is 71.1 cm³/mol. The second kappa shape index (κ2) is 4.47. The number of fused-ring (bicyclic) bond motifs is 1. The molecule has 0 spiro atoms. The van der Waals surface area contributed by atoms with E-state index in [4.69, 9.17) is 4.74 Å². The van der Waals surface area contributed by atoms with Crippen molar-refractivity contribution in [3.05, 3.63) is 18.2 Å². The van der Waals surface area contributed by atoms with Crippen molar-refractivity contribution in [2.45, 2.75) is 32.2 Å². The fraction of sp³-hybridized carbons (Fsp3) is 0.571. The Hall–Kier alpha value is -1.38. The van der Waals surface area contributed by atoms with E-state index in [-0.39, 0.29) is 0 Å². The number of nitrogens with one attached hydrogen (secondary N) is 1. The first kappa shape index (κ1) is 10.8. The van der Waals surface area contributed by atoms with E-state index in [0.717, 1.165) is 37.9 Å². The molecular formula is C14H20N2O. The van der Waals surface area contributed by atoms with Crippen molar-refractivity contribution in [2.75, 3.05) is 29.9 Å². The lowest BCUT2D eigenvalue weighted by atomic mass is 10.1. The lowest BCUT2D eigenvalue weighted by Crippen LogP contribution is -2.35. The first-order chi connectivity index (χ1) is 8.40. The van der Waals surface area contributed by atoms with Crippen LogP contribution in [0.3, 0.4) is 0 Å². The fourth-order valence-corrected chi connectivity index (χ4v) is 2.46. The minimum Gasteiger partial charge on any atom is -0.491 e. The standard InChI is InChI=1S/C14H20N2O/c1-2-10-17-13-5-3-4-12-14(13)15-8-9-16(12)11-6-7-11/h3-5,11,15H,2,6-10H2,1H3. The van der Waals surface area contributed by atoms with Crippen molar-refractivity contribution in [1.82, 2.24) is 0 Å². The summed E-state index contributed by atoms with van der Waals surface area (Å²) in [5.74, 6) is 1.01. The van der Waals surface area contributed by atoms with E-state index in [1.807, 2.05) is 0 Å². The van der Waals surface area contributed by atoms with E-state index in [0.29, 0.717) is 0 Å². The van der Waals surface area contributed by atoms with Gasteiger partial charge < -0.3 is 15.0 Å². The van der Waals surface area contributed by atoms with Crippen molar-refractivity contribution in [3.63, 3.8) is 0 Å². The Morgan fingerprint density at radius 1 is 1.41 bits per heavy atom. The second-order valence-electron chi connectivity index (χ2n) is 4.85. The lowest BCUT2D eigenvalue weighted by Gasteiger charge is -2.33. The molecule has 0 aromatic heterocycles. The third-order valence-electron chi connectivity index (χ3n) is 3.42. The lowest BCUT2D eigenvalue weighted by molar-refractivity contribution is 0.318. The zero-order valence-electron chi connectivity index (χ0n) is 10.4. The van der Waals surface area contributed by atoms with Gasteiger partial charge in [-0.05, 0) is 31.4 Å². The Kier molecular flexibility index (Phi) is 2.83. The summed E-state index contributed by atoms with van der Waals surface area (Å²) in [7, 11) is 0. The first-order valence-electron chi connectivity index (χ1n) is 6.66. The Morgan fingerprint density at radius 3 is 3.06 bits per heavy atom. The Labute approximate surface area is 103 Å². The maximum atomic E-state index is 5.81. The highest BCUT2D eigenvalue weighted by Gasteiger charge is 2.32. The zero-order chi connectivity index (χ0) is 11.7. The predicted octanol–water partition coefficient (Wildman–Crippen LogP) is 2.87. The highest BCUT2D eigenvalue weighted by molar-refractivity contribution is 5.78. The third-order valence-corrected chi connectivity index (χ3v) is 3.42. The van der Waals surface area contributed by atoms with Gasteiger partial charge in [-0.1, -0.05) is 13.0 Å². The zero-order valence-corrected chi connectivity index (χ0v) is 10.4. The highest BCUT2D eigenvalue weighted by Crippen LogP contribution is 2.42. The van der Waals surface area contributed by atoms with E-state index in [9.17, 15) is 0 Å². The van der Waals surface area contributed by atoms with E-state index < -0.39 is 0 Å². The molecule has 3 heteroatoms.